The second-order valence-electron chi connectivity index (χ2n) is 5.70. The molecule has 0 radical (unpaired) electrons. The van der Waals surface area contributed by atoms with Gasteiger partial charge in [-0.3, -0.25) is 4.79 Å². The third-order valence-electron chi connectivity index (χ3n) is 4.16. The van der Waals surface area contributed by atoms with Gasteiger partial charge in [-0.2, -0.15) is 0 Å². The van der Waals surface area contributed by atoms with Crippen LogP contribution in [-0.2, 0) is 4.79 Å². The molecule has 3 atom stereocenters. The average molecular weight is 269 g/mol. The number of aliphatic carboxylic acids is 1. The molecule has 2 rings (SSSR count). The second-order valence-corrected chi connectivity index (χ2v) is 5.70. The monoisotopic (exact) mass is 269 g/mol. The fourth-order valence-corrected chi connectivity index (χ4v) is 3.02. The van der Waals surface area contributed by atoms with Crippen molar-refractivity contribution in [1.82, 2.24) is 10.2 Å². The van der Waals surface area contributed by atoms with Crippen LogP contribution < -0.4 is 11.1 Å². The van der Waals surface area contributed by atoms with E-state index in [0.29, 0.717) is 13.1 Å². The van der Waals surface area contributed by atoms with Crippen LogP contribution in [0.3, 0.4) is 0 Å². The van der Waals surface area contributed by atoms with E-state index >= 15 is 0 Å². The summed E-state index contributed by atoms with van der Waals surface area (Å²) in [5.41, 5.74) is 6.01. The highest BCUT2D eigenvalue weighted by Crippen LogP contribution is 2.21. The van der Waals surface area contributed by atoms with Crippen molar-refractivity contribution in [2.75, 3.05) is 13.1 Å². The summed E-state index contributed by atoms with van der Waals surface area (Å²) in [5, 5.41) is 11.8. The Morgan fingerprint density at radius 1 is 1.26 bits per heavy atom. The van der Waals surface area contributed by atoms with E-state index in [0.717, 1.165) is 32.1 Å². The van der Waals surface area contributed by atoms with Gasteiger partial charge in [-0.25, -0.2) is 4.79 Å². The fraction of sp³-hybridized carbons (Fsp3) is 0.846. The minimum absolute atomic E-state index is 0.0510. The summed E-state index contributed by atoms with van der Waals surface area (Å²) in [6.07, 6.45) is 5.08. The number of carboxylic acids is 1. The molecule has 0 aromatic carbocycles. The Hall–Kier alpha value is -1.30. The zero-order valence-electron chi connectivity index (χ0n) is 11.2. The largest absolute Gasteiger partial charge is 0.481 e. The topological polar surface area (TPSA) is 95.7 Å². The molecule has 1 aliphatic heterocycles. The number of likely N-dealkylation sites (tertiary alicyclic amines) is 1. The maximum Gasteiger partial charge on any atom is 0.317 e. The first-order chi connectivity index (χ1) is 9.06. The predicted molar refractivity (Wildman–Crippen MR) is 70.7 cm³/mol. The van der Waals surface area contributed by atoms with E-state index in [2.05, 4.69) is 5.32 Å². The molecule has 3 unspecified atom stereocenters. The standard InChI is InChI=1S/C13H23N3O3/c14-10-3-1-2-4-11(10)15-13(19)16-6-5-9(8-16)7-12(17)18/h9-11H,1-8,14H2,(H,15,19)(H,17,18). The lowest BCUT2D eigenvalue weighted by Crippen LogP contribution is -2.52. The molecule has 0 aromatic heterocycles. The van der Waals surface area contributed by atoms with Crippen molar-refractivity contribution < 1.29 is 14.7 Å². The van der Waals surface area contributed by atoms with Crippen molar-refractivity contribution in [3.63, 3.8) is 0 Å². The quantitative estimate of drug-likeness (QED) is 0.705. The van der Waals surface area contributed by atoms with Crippen LogP contribution in [-0.4, -0.2) is 47.2 Å². The van der Waals surface area contributed by atoms with Gasteiger partial charge in [-0.15, -0.1) is 0 Å². The number of nitrogens with zero attached hydrogens (tertiary/aromatic N) is 1. The number of carbonyl (C=O) groups excluding carboxylic acids is 1. The molecule has 19 heavy (non-hydrogen) atoms. The molecular weight excluding hydrogens is 246 g/mol. The number of amides is 2. The second kappa shape index (κ2) is 6.23. The first kappa shape index (κ1) is 14.1. The Labute approximate surface area is 113 Å². The van der Waals surface area contributed by atoms with Gasteiger partial charge in [0, 0.05) is 31.6 Å². The van der Waals surface area contributed by atoms with Crippen LogP contribution in [0.5, 0.6) is 0 Å². The maximum absolute atomic E-state index is 12.1. The number of urea groups is 1. The average Bonchev–Trinajstić information content (AvgIpc) is 2.79. The third-order valence-corrected chi connectivity index (χ3v) is 4.16. The van der Waals surface area contributed by atoms with E-state index in [1.54, 1.807) is 4.90 Å². The first-order valence-corrected chi connectivity index (χ1v) is 7.09. The minimum Gasteiger partial charge on any atom is -0.481 e. The van der Waals surface area contributed by atoms with Gasteiger partial charge in [-0.1, -0.05) is 12.8 Å². The smallest absolute Gasteiger partial charge is 0.317 e. The van der Waals surface area contributed by atoms with Gasteiger partial charge in [0.15, 0.2) is 0 Å². The van der Waals surface area contributed by atoms with Crippen molar-refractivity contribution in [3.05, 3.63) is 0 Å². The number of nitrogens with one attached hydrogen (secondary N) is 1. The van der Waals surface area contributed by atoms with Gasteiger partial charge in [0.1, 0.15) is 0 Å². The molecule has 2 amide bonds. The summed E-state index contributed by atoms with van der Waals surface area (Å²) in [6, 6.07) is 0.0325. The van der Waals surface area contributed by atoms with E-state index in [1.165, 1.54) is 0 Å². The molecule has 2 fully saturated rings. The molecule has 0 spiro atoms. The summed E-state index contributed by atoms with van der Waals surface area (Å²) in [7, 11) is 0. The Bertz CT molecular complexity index is 348. The van der Waals surface area contributed by atoms with Crippen molar-refractivity contribution in [3.8, 4) is 0 Å². The lowest BCUT2D eigenvalue weighted by Gasteiger charge is -2.31. The van der Waals surface area contributed by atoms with Crippen LogP contribution in [0.15, 0.2) is 0 Å². The molecule has 6 nitrogen and oxygen atoms in total. The normalized spacial score (nSPS) is 31.2. The number of hydrogen-bond donors (Lipinski definition) is 3. The molecule has 0 aromatic rings. The zero-order valence-corrected chi connectivity index (χ0v) is 11.2. The number of rotatable bonds is 3. The summed E-state index contributed by atoms with van der Waals surface area (Å²) in [6.45, 7) is 1.19. The summed E-state index contributed by atoms with van der Waals surface area (Å²) in [5.74, 6) is -0.704. The number of carboxylic acid groups (broad SMARTS) is 1. The lowest BCUT2D eigenvalue weighted by molar-refractivity contribution is -0.138. The highest BCUT2D eigenvalue weighted by molar-refractivity contribution is 5.75. The van der Waals surface area contributed by atoms with Gasteiger partial charge < -0.3 is 21.1 Å². The lowest BCUT2D eigenvalue weighted by atomic mass is 9.91. The molecule has 0 bridgehead atoms. The number of hydrogen-bond acceptors (Lipinski definition) is 3. The zero-order chi connectivity index (χ0) is 13.8. The minimum atomic E-state index is -0.790. The molecule has 4 N–H and O–H groups in total. The SMILES string of the molecule is NC1CCCCC1NC(=O)N1CCC(CC(=O)O)C1. The molecular formula is C13H23N3O3. The van der Waals surface area contributed by atoms with Crippen LogP contribution in [0, 0.1) is 5.92 Å². The van der Waals surface area contributed by atoms with Crippen molar-refractivity contribution in [2.45, 2.75) is 50.6 Å². The van der Waals surface area contributed by atoms with E-state index in [4.69, 9.17) is 10.8 Å². The van der Waals surface area contributed by atoms with Crippen molar-refractivity contribution in [1.29, 1.82) is 0 Å². The van der Waals surface area contributed by atoms with Gasteiger partial charge in [0.25, 0.3) is 0 Å². The first-order valence-electron chi connectivity index (χ1n) is 7.09. The summed E-state index contributed by atoms with van der Waals surface area (Å²) < 4.78 is 0. The van der Waals surface area contributed by atoms with E-state index in [1.807, 2.05) is 0 Å². The highest BCUT2D eigenvalue weighted by atomic mass is 16.4. The maximum atomic E-state index is 12.1. The van der Waals surface area contributed by atoms with Gasteiger partial charge in [0.2, 0.25) is 0 Å². The van der Waals surface area contributed by atoms with E-state index in [9.17, 15) is 9.59 Å². The van der Waals surface area contributed by atoms with Crippen molar-refractivity contribution in [2.24, 2.45) is 11.7 Å². The molecule has 6 heteroatoms. The Kier molecular flexibility index (Phi) is 4.63. The highest BCUT2D eigenvalue weighted by Gasteiger charge is 2.30. The van der Waals surface area contributed by atoms with E-state index < -0.39 is 5.97 Å². The van der Waals surface area contributed by atoms with Crippen LogP contribution in [0.2, 0.25) is 0 Å². The summed E-state index contributed by atoms with van der Waals surface area (Å²) in [4.78, 5) is 24.5. The van der Waals surface area contributed by atoms with Crippen LogP contribution in [0.25, 0.3) is 0 Å². The van der Waals surface area contributed by atoms with Crippen LogP contribution >= 0.6 is 0 Å². The number of carbonyl (C=O) groups is 2. The Balaban J connectivity index is 1.79. The van der Waals surface area contributed by atoms with Crippen molar-refractivity contribution >= 4 is 12.0 Å². The van der Waals surface area contributed by atoms with E-state index in [-0.39, 0.29) is 30.5 Å². The Morgan fingerprint density at radius 3 is 2.68 bits per heavy atom. The van der Waals surface area contributed by atoms with Crippen LogP contribution in [0.1, 0.15) is 38.5 Å². The van der Waals surface area contributed by atoms with Gasteiger partial charge in [-0.05, 0) is 25.2 Å². The fourth-order valence-electron chi connectivity index (χ4n) is 3.02. The summed E-state index contributed by atoms with van der Waals surface area (Å²) >= 11 is 0. The molecule has 2 aliphatic rings. The molecule has 1 saturated carbocycles. The third kappa shape index (κ3) is 3.83. The molecule has 108 valence electrons. The molecule has 1 aliphatic carbocycles. The van der Waals surface area contributed by atoms with Gasteiger partial charge >= 0.3 is 12.0 Å². The van der Waals surface area contributed by atoms with Crippen LogP contribution in [0.4, 0.5) is 4.79 Å². The van der Waals surface area contributed by atoms with Gasteiger partial charge in [0.05, 0.1) is 0 Å². The molecule has 1 heterocycles. The predicted octanol–water partition coefficient (Wildman–Crippen LogP) is 0.762. The molecule has 1 saturated heterocycles. The number of nitrogens with two attached hydrogens (primary N) is 1. The Morgan fingerprint density at radius 2 is 2.00 bits per heavy atom.